The predicted molar refractivity (Wildman–Crippen MR) is 130 cm³/mol. The van der Waals surface area contributed by atoms with Crippen LogP contribution in [0.4, 0.5) is 31.1 Å². The lowest BCUT2D eigenvalue weighted by molar-refractivity contribution is -0.138. The molecule has 2 fully saturated rings. The van der Waals surface area contributed by atoms with Gasteiger partial charge in [0.25, 0.3) is 0 Å². The van der Waals surface area contributed by atoms with Gasteiger partial charge in [-0.25, -0.2) is 4.79 Å². The number of nitrogens with zero attached hydrogens (tertiary/aromatic N) is 1. The van der Waals surface area contributed by atoms with Gasteiger partial charge in [-0.3, -0.25) is 0 Å². The molecule has 0 unspecified atom stereocenters. The number of alkyl halides is 6. The van der Waals surface area contributed by atoms with Gasteiger partial charge in [-0.1, -0.05) is 0 Å². The summed E-state index contributed by atoms with van der Waals surface area (Å²) in [7, 11) is 0. The molecule has 0 bridgehead atoms. The third kappa shape index (κ3) is 9.46. The van der Waals surface area contributed by atoms with Crippen LogP contribution in [-0.2, 0) is 17.1 Å². The van der Waals surface area contributed by atoms with E-state index in [9.17, 15) is 31.1 Å². The molecule has 13 heteroatoms. The maximum Gasteiger partial charge on any atom is 0.416 e. The Morgan fingerprint density at radius 1 is 0.763 bits per heavy atom. The van der Waals surface area contributed by atoms with Crippen LogP contribution in [0.5, 0.6) is 11.5 Å². The van der Waals surface area contributed by atoms with E-state index in [4.69, 9.17) is 14.2 Å². The van der Waals surface area contributed by atoms with Gasteiger partial charge in [-0.2, -0.15) is 26.3 Å². The summed E-state index contributed by atoms with van der Waals surface area (Å²) in [5.41, 5.74) is -1.93. The Hall–Kier alpha value is -2.86. The number of carbonyl (C=O) groups is 1. The summed E-state index contributed by atoms with van der Waals surface area (Å²) in [6.45, 7) is 7.55. The van der Waals surface area contributed by atoms with Gasteiger partial charge < -0.3 is 24.4 Å². The summed E-state index contributed by atoms with van der Waals surface area (Å²) >= 11 is 0. The molecule has 4 rings (SSSR count). The minimum absolute atomic E-state index is 0. The highest BCUT2D eigenvalue weighted by Crippen LogP contribution is 2.31. The fourth-order valence-electron chi connectivity index (χ4n) is 3.16. The lowest BCUT2D eigenvalue weighted by atomic mass is 10.1. The molecule has 0 aliphatic carbocycles. The molecule has 0 radical (unpaired) electrons. The molecule has 0 spiro atoms. The van der Waals surface area contributed by atoms with E-state index in [1.807, 2.05) is 0 Å². The zero-order valence-electron chi connectivity index (χ0n) is 20.9. The van der Waals surface area contributed by atoms with Crippen molar-refractivity contribution < 1.29 is 45.3 Å². The number of hydrogen-bond acceptors (Lipinski definition) is 5. The van der Waals surface area contributed by atoms with Crippen LogP contribution >= 0.6 is 12.4 Å². The Morgan fingerprint density at radius 2 is 1.16 bits per heavy atom. The zero-order valence-corrected chi connectivity index (χ0v) is 21.7. The molecule has 1 N–H and O–H groups in total. The second kappa shape index (κ2) is 12.3. The fraction of sp³-hybridized carbons (Fsp3) is 0.480. The van der Waals surface area contributed by atoms with E-state index in [0.29, 0.717) is 24.6 Å². The van der Waals surface area contributed by atoms with Gasteiger partial charge in [-0.15, -0.1) is 12.4 Å². The van der Waals surface area contributed by atoms with E-state index in [-0.39, 0.29) is 24.6 Å². The second-order valence-corrected chi connectivity index (χ2v) is 9.57. The van der Waals surface area contributed by atoms with Crippen LogP contribution in [0.3, 0.4) is 0 Å². The minimum Gasteiger partial charge on any atom is -0.488 e. The van der Waals surface area contributed by atoms with Crippen LogP contribution in [0.15, 0.2) is 48.5 Å². The van der Waals surface area contributed by atoms with Crippen molar-refractivity contribution in [2.24, 2.45) is 0 Å². The monoisotopic (exact) mass is 570 g/mol. The number of amides is 1. The van der Waals surface area contributed by atoms with Crippen LogP contribution in [-0.4, -0.2) is 55.0 Å². The highest BCUT2D eigenvalue weighted by atomic mass is 35.5. The molecule has 1 amide bonds. The largest absolute Gasteiger partial charge is 0.488 e. The summed E-state index contributed by atoms with van der Waals surface area (Å²) in [6.07, 6.45) is -9.20. The number of carbonyl (C=O) groups excluding carboxylic acids is 1. The number of ether oxygens (including phenoxy) is 3. The van der Waals surface area contributed by atoms with Crippen molar-refractivity contribution in [3.05, 3.63) is 59.7 Å². The number of rotatable bonds is 4. The standard InChI is InChI=1S/C15H18F3NO3.C10H10F3NO.ClH/c1-14(2,3)22-13(20)19-8-12(9-19)21-11-6-4-10(5-7-11)15(16,17)18;11-10(12,13)7-1-3-8(4-2-7)15-9-5-14-6-9;/h4-7,12H,8-9H2,1-3H3;1-4,9,14H,5-6H2;1H. The predicted octanol–water partition coefficient (Wildman–Crippen LogP) is 6.18. The van der Waals surface area contributed by atoms with Gasteiger partial charge in [0, 0.05) is 13.1 Å². The Morgan fingerprint density at radius 3 is 1.47 bits per heavy atom. The average Bonchev–Trinajstić information content (AvgIpc) is 2.71. The molecule has 2 aliphatic rings. The van der Waals surface area contributed by atoms with Gasteiger partial charge in [0.2, 0.25) is 0 Å². The van der Waals surface area contributed by atoms with E-state index in [2.05, 4.69) is 5.32 Å². The molecule has 212 valence electrons. The molecule has 0 aromatic heterocycles. The summed E-state index contributed by atoms with van der Waals surface area (Å²) in [5.74, 6) is 0.830. The highest BCUT2D eigenvalue weighted by Gasteiger charge is 2.35. The van der Waals surface area contributed by atoms with E-state index in [0.717, 1.165) is 37.4 Å². The second-order valence-electron chi connectivity index (χ2n) is 9.57. The van der Waals surface area contributed by atoms with Crippen molar-refractivity contribution in [3.63, 3.8) is 0 Å². The normalized spacial score (nSPS) is 16.2. The summed E-state index contributed by atoms with van der Waals surface area (Å²) in [4.78, 5) is 13.2. The van der Waals surface area contributed by atoms with Crippen LogP contribution in [0.1, 0.15) is 31.9 Å². The molecular formula is C25H29ClF6N2O4. The molecule has 2 aromatic rings. The summed E-state index contributed by atoms with van der Waals surface area (Å²) < 4.78 is 90.0. The molecule has 2 aromatic carbocycles. The smallest absolute Gasteiger partial charge is 0.416 e. The van der Waals surface area contributed by atoms with Crippen molar-refractivity contribution in [1.29, 1.82) is 0 Å². The maximum atomic E-state index is 12.4. The lowest BCUT2D eigenvalue weighted by Crippen LogP contribution is -2.57. The Kier molecular flexibility index (Phi) is 10.2. The molecular weight excluding hydrogens is 542 g/mol. The molecule has 6 nitrogen and oxygen atoms in total. The number of hydrogen-bond donors (Lipinski definition) is 1. The first-order valence-corrected chi connectivity index (χ1v) is 11.5. The topological polar surface area (TPSA) is 60.0 Å². The lowest BCUT2D eigenvalue weighted by Gasteiger charge is -2.39. The van der Waals surface area contributed by atoms with Crippen molar-refractivity contribution >= 4 is 18.5 Å². The van der Waals surface area contributed by atoms with Crippen LogP contribution in [0.25, 0.3) is 0 Å². The summed E-state index contributed by atoms with van der Waals surface area (Å²) in [5, 5.41) is 3.01. The fourth-order valence-corrected chi connectivity index (χ4v) is 3.16. The third-order valence-electron chi connectivity index (χ3n) is 5.21. The Balaban J connectivity index is 0.000000277. The SMILES string of the molecule is CC(C)(C)OC(=O)N1CC(Oc2ccc(C(F)(F)F)cc2)C1.Cl.FC(F)(F)c1ccc(OC2CNC2)cc1. The van der Waals surface area contributed by atoms with Crippen molar-refractivity contribution in [2.45, 2.75) is 50.9 Å². The molecule has 2 saturated heterocycles. The van der Waals surface area contributed by atoms with Gasteiger partial charge in [-0.05, 0) is 69.3 Å². The number of nitrogens with one attached hydrogen (secondary N) is 1. The number of benzene rings is 2. The van der Waals surface area contributed by atoms with Crippen LogP contribution < -0.4 is 14.8 Å². The maximum absolute atomic E-state index is 12.4. The average molecular weight is 571 g/mol. The van der Waals surface area contributed by atoms with Gasteiger partial charge >= 0.3 is 18.4 Å². The highest BCUT2D eigenvalue weighted by molar-refractivity contribution is 5.85. The number of halogens is 7. The number of likely N-dealkylation sites (tertiary alicyclic amines) is 1. The van der Waals surface area contributed by atoms with Crippen LogP contribution in [0, 0.1) is 0 Å². The van der Waals surface area contributed by atoms with E-state index in [1.165, 1.54) is 29.2 Å². The first-order valence-electron chi connectivity index (χ1n) is 11.5. The molecule has 38 heavy (non-hydrogen) atoms. The van der Waals surface area contributed by atoms with E-state index < -0.39 is 35.2 Å². The Bertz CT molecular complexity index is 1030. The molecule has 0 atom stereocenters. The molecule has 0 saturated carbocycles. The Labute approximate surface area is 222 Å². The summed E-state index contributed by atoms with van der Waals surface area (Å²) in [6, 6.07) is 9.25. The van der Waals surface area contributed by atoms with Crippen LogP contribution in [0.2, 0.25) is 0 Å². The first-order chi connectivity index (χ1) is 17.1. The zero-order chi connectivity index (χ0) is 27.4. The van der Waals surface area contributed by atoms with Crippen molar-refractivity contribution in [1.82, 2.24) is 10.2 Å². The first kappa shape index (κ1) is 31.4. The van der Waals surface area contributed by atoms with Crippen molar-refractivity contribution in [3.8, 4) is 11.5 Å². The van der Waals surface area contributed by atoms with Crippen molar-refractivity contribution in [2.75, 3.05) is 26.2 Å². The van der Waals surface area contributed by atoms with Gasteiger partial charge in [0.15, 0.2) is 0 Å². The van der Waals surface area contributed by atoms with E-state index in [1.54, 1.807) is 20.8 Å². The quantitative estimate of drug-likeness (QED) is 0.445. The van der Waals surface area contributed by atoms with Gasteiger partial charge in [0.1, 0.15) is 29.3 Å². The third-order valence-corrected chi connectivity index (χ3v) is 5.21. The van der Waals surface area contributed by atoms with E-state index >= 15 is 0 Å². The minimum atomic E-state index is -4.36. The molecule has 2 aliphatic heterocycles. The van der Waals surface area contributed by atoms with Gasteiger partial charge in [0.05, 0.1) is 24.2 Å². The molecule has 2 heterocycles.